The normalized spacial score (nSPS) is 16.4. The summed E-state index contributed by atoms with van der Waals surface area (Å²) in [5.41, 5.74) is 0. The molecule has 0 aromatic carbocycles. The molecule has 0 aliphatic heterocycles. The van der Waals surface area contributed by atoms with Gasteiger partial charge >= 0.3 is 0 Å². The molecule has 0 bridgehead atoms. The van der Waals surface area contributed by atoms with Crippen molar-refractivity contribution in [2.24, 2.45) is 0 Å². The van der Waals surface area contributed by atoms with Crippen LogP contribution < -0.4 is 0 Å². The molecule has 0 rings (SSSR count). The highest BCUT2D eigenvalue weighted by molar-refractivity contribution is 8.17. The van der Waals surface area contributed by atoms with Gasteiger partial charge in [0.25, 0.3) is 0 Å². The average Bonchev–Trinajstić information content (AvgIpc) is 1.87. The molecule has 0 aliphatic rings. The Kier molecular flexibility index (Phi) is 9.68. The lowest BCUT2D eigenvalue weighted by atomic mass is 10.5. The number of hydrogen-bond donors (Lipinski definition) is 4. The molecule has 68 valence electrons. The molecule has 0 saturated carbocycles. The molecule has 0 amide bonds. The van der Waals surface area contributed by atoms with Crippen LogP contribution >= 0.6 is 62.3 Å². The minimum atomic E-state index is 0.370. The van der Waals surface area contributed by atoms with Crippen molar-refractivity contribution in [3.63, 3.8) is 0 Å². The Morgan fingerprint density at radius 3 is 1.55 bits per heavy atom. The molecule has 0 saturated heterocycles. The average molecular weight is 247 g/mol. The first-order valence-electron chi connectivity index (χ1n) is 3.44. The van der Waals surface area contributed by atoms with Gasteiger partial charge in [0.2, 0.25) is 0 Å². The van der Waals surface area contributed by atoms with Gasteiger partial charge in [-0.05, 0) is 24.3 Å². The molecule has 0 aliphatic carbocycles. The molecule has 2 atom stereocenters. The lowest BCUT2D eigenvalue weighted by Gasteiger charge is -2.13. The molecule has 11 heavy (non-hydrogen) atoms. The van der Waals surface area contributed by atoms with Gasteiger partial charge in [-0.25, -0.2) is 0 Å². The van der Waals surface area contributed by atoms with Crippen LogP contribution in [0.2, 0.25) is 0 Å². The maximum Gasteiger partial charge on any atom is 0.0491 e. The van der Waals surface area contributed by atoms with E-state index in [2.05, 4.69) is 50.5 Å². The van der Waals surface area contributed by atoms with Crippen molar-refractivity contribution in [2.75, 3.05) is 11.5 Å². The van der Waals surface area contributed by atoms with Gasteiger partial charge in [0.1, 0.15) is 0 Å². The van der Waals surface area contributed by atoms with E-state index < -0.39 is 0 Å². The Hall–Kier alpha value is 1.75. The molecule has 0 aromatic rings. The third kappa shape index (κ3) is 8.09. The van der Waals surface area contributed by atoms with Gasteiger partial charge in [0.05, 0.1) is 0 Å². The molecule has 0 nitrogen and oxygen atoms in total. The Bertz CT molecular complexity index is 77.0. The second kappa shape index (κ2) is 8.35. The second-order valence-electron chi connectivity index (χ2n) is 2.07. The molecule has 5 heteroatoms. The van der Waals surface area contributed by atoms with Crippen LogP contribution in [0.4, 0.5) is 0 Å². The highest BCUT2D eigenvalue weighted by Gasteiger charge is 2.08. The summed E-state index contributed by atoms with van der Waals surface area (Å²) in [6, 6.07) is 0. The summed E-state index contributed by atoms with van der Waals surface area (Å²) in [5, 5.41) is 0. The van der Waals surface area contributed by atoms with E-state index in [9.17, 15) is 0 Å². The summed E-state index contributed by atoms with van der Waals surface area (Å²) >= 11 is 18.8. The third-order valence-electron chi connectivity index (χ3n) is 1.07. The quantitative estimate of drug-likeness (QED) is 0.413. The van der Waals surface area contributed by atoms with Gasteiger partial charge in [-0.1, -0.05) is 0 Å². The zero-order valence-corrected chi connectivity index (χ0v) is 10.6. The maximum atomic E-state index is 4.38. The highest BCUT2D eigenvalue weighted by atomic mass is 32.2. The summed E-state index contributed by atoms with van der Waals surface area (Å²) in [6.45, 7) is 0. The summed E-state index contributed by atoms with van der Waals surface area (Å²) in [7, 11) is 0. The summed E-state index contributed by atoms with van der Waals surface area (Å²) in [6.07, 6.45) is 2.06. The van der Waals surface area contributed by atoms with Crippen molar-refractivity contribution in [2.45, 2.75) is 22.0 Å². The molecule has 0 N–H and O–H groups in total. The van der Waals surface area contributed by atoms with E-state index in [0.717, 1.165) is 24.3 Å². The Labute approximate surface area is 95.3 Å². The fourth-order valence-corrected chi connectivity index (χ4v) is 4.11. The summed E-state index contributed by atoms with van der Waals surface area (Å²) in [5.74, 6) is 1.78. The number of hydrogen-bond acceptors (Lipinski definition) is 5. The summed E-state index contributed by atoms with van der Waals surface area (Å²) in [4.78, 5) is 0. The van der Waals surface area contributed by atoms with E-state index in [1.54, 1.807) is 11.8 Å². The smallest absolute Gasteiger partial charge is 0.0491 e. The largest absolute Gasteiger partial charge is 0.179 e. The number of rotatable bonds is 6. The van der Waals surface area contributed by atoms with Crippen molar-refractivity contribution in [3.8, 4) is 0 Å². The predicted octanol–water partition coefficient (Wildman–Crippen LogP) is 2.87. The topological polar surface area (TPSA) is 0 Å². The molecule has 0 spiro atoms. The van der Waals surface area contributed by atoms with Gasteiger partial charge in [0, 0.05) is 9.16 Å². The van der Waals surface area contributed by atoms with Crippen LogP contribution in [0.25, 0.3) is 0 Å². The SMILES string of the molecule is SCCC(S)SC(S)CCS. The van der Waals surface area contributed by atoms with Crippen LogP contribution in [0.3, 0.4) is 0 Å². The standard InChI is InChI=1S/C6H14S5/c7-3-1-5(9)11-6(10)2-4-8/h5-10H,1-4H2. The van der Waals surface area contributed by atoms with Crippen molar-refractivity contribution in [3.05, 3.63) is 0 Å². The molecule has 2 unspecified atom stereocenters. The second-order valence-corrected chi connectivity index (χ2v) is 6.32. The fraction of sp³-hybridized carbons (Fsp3) is 1.00. The van der Waals surface area contributed by atoms with E-state index in [-0.39, 0.29) is 0 Å². The van der Waals surface area contributed by atoms with E-state index in [1.165, 1.54) is 0 Å². The molecule has 0 aromatic heterocycles. The highest BCUT2D eigenvalue weighted by Crippen LogP contribution is 2.28. The first kappa shape index (κ1) is 12.8. The third-order valence-corrected chi connectivity index (χ3v) is 3.93. The van der Waals surface area contributed by atoms with Gasteiger partial charge in [-0.2, -0.15) is 50.5 Å². The minimum Gasteiger partial charge on any atom is -0.179 e. The van der Waals surface area contributed by atoms with Crippen molar-refractivity contribution >= 4 is 62.3 Å². The number of thioether (sulfide) groups is 1. The van der Waals surface area contributed by atoms with E-state index in [1.807, 2.05) is 0 Å². The van der Waals surface area contributed by atoms with Crippen molar-refractivity contribution in [1.29, 1.82) is 0 Å². The Morgan fingerprint density at radius 1 is 0.909 bits per heavy atom. The molecular formula is C6H14S5. The monoisotopic (exact) mass is 246 g/mol. The summed E-state index contributed by atoms with van der Waals surface area (Å²) < 4.78 is 0.741. The predicted molar refractivity (Wildman–Crippen MR) is 70.1 cm³/mol. The van der Waals surface area contributed by atoms with Crippen LogP contribution in [0.1, 0.15) is 12.8 Å². The fourth-order valence-electron chi connectivity index (χ4n) is 0.538. The van der Waals surface area contributed by atoms with Gasteiger partial charge in [-0.15, -0.1) is 11.8 Å². The lowest BCUT2D eigenvalue weighted by molar-refractivity contribution is 1.05. The van der Waals surface area contributed by atoms with Crippen LogP contribution in [-0.2, 0) is 0 Å². The van der Waals surface area contributed by atoms with Crippen molar-refractivity contribution < 1.29 is 0 Å². The number of thiol groups is 4. The zero-order chi connectivity index (χ0) is 8.69. The van der Waals surface area contributed by atoms with Gasteiger partial charge < -0.3 is 0 Å². The van der Waals surface area contributed by atoms with Crippen LogP contribution in [0, 0.1) is 0 Å². The first-order chi connectivity index (χ1) is 5.20. The zero-order valence-electron chi connectivity index (χ0n) is 6.18. The molecule has 0 heterocycles. The Morgan fingerprint density at radius 2 is 1.27 bits per heavy atom. The Balaban J connectivity index is 3.32. The van der Waals surface area contributed by atoms with E-state index in [0.29, 0.717) is 9.16 Å². The molecule has 0 radical (unpaired) electrons. The van der Waals surface area contributed by atoms with E-state index in [4.69, 9.17) is 0 Å². The lowest BCUT2D eigenvalue weighted by Crippen LogP contribution is -2.01. The van der Waals surface area contributed by atoms with Gasteiger partial charge in [0.15, 0.2) is 0 Å². The molecular weight excluding hydrogens is 232 g/mol. The van der Waals surface area contributed by atoms with Crippen LogP contribution in [0.5, 0.6) is 0 Å². The van der Waals surface area contributed by atoms with Crippen LogP contribution in [0.15, 0.2) is 0 Å². The molecule has 0 fully saturated rings. The first-order valence-corrected chi connectivity index (χ1v) is 6.68. The minimum absolute atomic E-state index is 0.370. The maximum absolute atomic E-state index is 4.38. The van der Waals surface area contributed by atoms with Gasteiger partial charge in [-0.3, -0.25) is 0 Å². The van der Waals surface area contributed by atoms with Crippen LogP contribution in [-0.4, -0.2) is 20.7 Å². The van der Waals surface area contributed by atoms with E-state index >= 15 is 0 Å². The van der Waals surface area contributed by atoms with Crippen molar-refractivity contribution in [1.82, 2.24) is 0 Å².